The molecule has 0 aromatic heterocycles. The lowest BCUT2D eigenvalue weighted by Crippen LogP contribution is -2.53. The SMILES string of the molecule is CNc1ccc(CNC(=O)C2CCCN2C(=O)[C@H](N)CCC(=O)N2CCNCC2C)cc1N=N.COc1ccc(C)cc1. The number of piperazine rings is 1. The predicted molar refractivity (Wildman–Crippen MR) is 166 cm³/mol. The Hall–Kier alpha value is -4.03. The van der Waals surface area contributed by atoms with Gasteiger partial charge in [-0.25, -0.2) is 5.53 Å². The molecule has 2 aliphatic heterocycles. The van der Waals surface area contributed by atoms with E-state index in [1.165, 1.54) is 5.56 Å². The summed E-state index contributed by atoms with van der Waals surface area (Å²) in [5.41, 5.74) is 16.7. The topological polar surface area (TPSA) is 165 Å². The molecule has 0 aliphatic carbocycles. The van der Waals surface area contributed by atoms with Gasteiger partial charge < -0.3 is 36.2 Å². The average molecular weight is 595 g/mol. The molecule has 3 amide bonds. The maximum atomic E-state index is 13.0. The highest BCUT2D eigenvalue weighted by molar-refractivity contribution is 5.90. The van der Waals surface area contributed by atoms with Gasteiger partial charge in [0.2, 0.25) is 17.7 Å². The largest absolute Gasteiger partial charge is 0.497 e. The van der Waals surface area contributed by atoms with Crippen molar-refractivity contribution < 1.29 is 19.1 Å². The molecule has 2 unspecified atom stereocenters. The predicted octanol–water partition coefficient (Wildman–Crippen LogP) is 2.93. The number of ether oxygens (including phenoxy) is 1. The second-order valence-electron chi connectivity index (χ2n) is 10.9. The van der Waals surface area contributed by atoms with Crippen LogP contribution in [0.2, 0.25) is 0 Å². The van der Waals surface area contributed by atoms with Crippen LogP contribution in [0.5, 0.6) is 5.75 Å². The van der Waals surface area contributed by atoms with E-state index < -0.39 is 12.1 Å². The number of benzene rings is 2. The van der Waals surface area contributed by atoms with Crippen molar-refractivity contribution in [3.8, 4) is 5.75 Å². The second-order valence-corrected chi connectivity index (χ2v) is 10.9. The summed E-state index contributed by atoms with van der Waals surface area (Å²) in [6.07, 6.45) is 1.78. The number of rotatable bonds is 10. The van der Waals surface area contributed by atoms with Crippen molar-refractivity contribution in [2.24, 2.45) is 10.8 Å². The molecule has 0 radical (unpaired) electrons. The van der Waals surface area contributed by atoms with Crippen LogP contribution in [0.15, 0.2) is 47.6 Å². The molecule has 0 spiro atoms. The first kappa shape index (κ1) is 33.5. The standard InChI is InChI=1S/C23H36N8O3.C8H10O/c1-15-13-27-9-11-30(15)21(32)8-6-17(24)23(34)31-10-3-4-20(31)22(33)28-14-16-5-7-18(26-2)19(12-16)29-25;1-7-3-5-8(9-2)6-4-7/h5,7,12,15,17,20,25-27H,3-4,6,8-11,13-14,24H2,1-2H3,(H,28,33);3-6H,1-2H3/t15?,17-,20?;/m1./s1. The summed E-state index contributed by atoms with van der Waals surface area (Å²) in [5, 5.41) is 12.6. The van der Waals surface area contributed by atoms with Crippen LogP contribution in [-0.2, 0) is 20.9 Å². The highest BCUT2D eigenvalue weighted by atomic mass is 16.5. The number of nitrogens with one attached hydrogen (secondary N) is 4. The summed E-state index contributed by atoms with van der Waals surface area (Å²) < 4.78 is 4.97. The summed E-state index contributed by atoms with van der Waals surface area (Å²) >= 11 is 0. The molecule has 2 aromatic carbocycles. The summed E-state index contributed by atoms with van der Waals surface area (Å²) in [5.74, 6) is 0.412. The maximum Gasteiger partial charge on any atom is 0.243 e. The van der Waals surface area contributed by atoms with Gasteiger partial charge in [0.1, 0.15) is 17.5 Å². The Labute approximate surface area is 254 Å². The highest BCUT2D eigenvalue weighted by Gasteiger charge is 2.36. The molecule has 2 saturated heterocycles. The first-order chi connectivity index (χ1) is 20.7. The fourth-order valence-electron chi connectivity index (χ4n) is 5.25. The molecule has 2 heterocycles. The van der Waals surface area contributed by atoms with Gasteiger partial charge in [-0.3, -0.25) is 14.4 Å². The molecule has 3 atom stereocenters. The van der Waals surface area contributed by atoms with Crippen molar-refractivity contribution in [1.29, 1.82) is 5.53 Å². The molecule has 12 nitrogen and oxygen atoms in total. The van der Waals surface area contributed by atoms with Crippen LogP contribution < -0.4 is 26.4 Å². The molecule has 6 N–H and O–H groups in total. The van der Waals surface area contributed by atoms with E-state index in [1.54, 1.807) is 25.1 Å². The van der Waals surface area contributed by atoms with Crippen LogP contribution in [0.3, 0.4) is 0 Å². The van der Waals surface area contributed by atoms with Crippen molar-refractivity contribution >= 4 is 29.1 Å². The Balaban J connectivity index is 0.000000480. The fraction of sp³-hybridized carbons (Fsp3) is 0.516. The van der Waals surface area contributed by atoms with Crippen LogP contribution in [0.4, 0.5) is 11.4 Å². The number of nitrogens with two attached hydrogens (primary N) is 1. The molecule has 0 saturated carbocycles. The molecular formula is C31H46N8O4. The van der Waals surface area contributed by atoms with Gasteiger partial charge in [-0.05, 0) is 62.9 Å². The van der Waals surface area contributed by atoms with Crippen molar-refractivity contribution in [3.05, 3.63) is 53.6 Å². The Morgan fingerprint density at radius 3 is 2.56 bits per heavy atom. The minimum absolute atomic E-state index is 0.0102. The number of carbonyl (C=O) groups is 3. The lowest BCUT2D eigenvalue weighted by atomic mass is 10.1. The Bertz CT molecular complexity index is 1240. The van der Waals surface area contributed by atoms with E-state index in [1.807, 2.05) is 48.2 Å². The number of anilines is 1. The third-order valence-corrected chi connectivity index (χ3v) is 7.82. The third kappa shape index (κ3) is 9.48. The van der Waals surface area contributed by atoms with E-state index in [9.17, 15) is 14.4 Å². The summed E-state index contributed by atoms with van der Waals surface area (Å²) in [6.45, 7) is 7.00. The molecule has 43 heavy (non-hydrogen) atoms. The summed E-state index contributed by atoms with van der Waals surface area (Å²) in [4.78, 5) is 41.8. The number of methoxy groups -OCH3 is 1. The first-order valence-corrected chi connectivity index (χ1v) is 14.8. The van der Waals surface area contributed by atoms with E-state index in [4.69, 9.17) is 16.0 Å². The molecular weight excluding hydrogens is 548 g/mol. The molecule has 12 heteroatoms. The molecule has 2 fully saturated rings. The summed E-state index contributed by atoms with van der Waals surface area (Å²) in [6, 6.07) is 12.1. The average Bonchev–Trinajstić information content (AvgIpc) is 3.53. The number of hydrogen-bond acceptors (Lipinski definition) is 9. The maximum absolute atomic E-state index is 13.0. The van der Waals surface area contributed by atoms with E-state index >= 15 is 0 Å². The minimum atomic E-state index is -0.814. The normalized spacial score (nSPS) is 18.6. The lowest BCUT2D eigenvalue weighted by molar-refractivity contribution is -0.140. The number of likely N-dealkylation sites (tertiary alicyclic amines) is 1. The monoisotopic (exact) mass is 594 g/mol. The van der Waals surface area contributed by atoms with Gasteiger partial charge in [0.05, 0.1) is 18.8 Å². The van der Waals surface area contributed by atoms with Crippen molar-refractivity contribution in [3.63, 3.8) is 0 Å². The van der Waals surface area contributed by atoms with Crippen LogP contribution in [-0.4, -0.2) is 86.0 Å². The van der Waals surface area contributed by atoms with Crippen LogP contribution in [0.1, 0.15) is 43.7 Å². The van der Waals surface area contributed by atoms with Crippen molar-refractivity contribution in [2.45, 2.75) is 64.2 Å². The van der Waals surface area contributed by atoms with E-state index in [0.717, 1.165) is 36.5 Å². The number of amides is 3. The lowest BCUT2D eigenvalue weighted by Gasteiger charge is -2.34. The van der Waals surface area contributed by atoms with Gasteiger partial charge in [0.25, 0.3) is 0 Å². The molecule has 2 aromatic rings. The van der Waals surface area contributed by atoms with Crippen molar-refractivity contribution in [1.82, 2.24) is 20.4 Å². The van der Waals surface area contributed by atoms with Gasteiger partial charge in [-0.2, -0.15) is 5.11 Å². The zero-order chi connectivity index (χ0) is 31.4. The van der Waals surface area contributed by atoms with Gasteiger partial charge in [-0.1, -0.05) is 23.8 Å². The van der Waals surface area contributed by atoms with Gasteiger partial charge >= 0.3 is 0 Å². The second kappa shape index (κ2) is 16.6. The summed E-state index contributed by atoms with van der Waals surface area (Å²) in [7, 11) is 3.42. The highest BCUT2D eigenvalue weighted by Crippen LogP contribution is 2.26. The number of aryl methyl sites for hydroxylation is 1. The Morgan fingerprint density at radius 1 is 1.16 bits per heavy atom. The zero-order valence-electron chi connectivity index (χ0n) is 25.7. The fourth-order valence-corrected chi connectivity index (χ4v) is 5.25. The number of nitrogens with zero attached hydrogens (tertiary/aromatic N) is 3. The van der Waals surface area contributed by atoms with Crippen LogP contribution in [0, 0.1) is 12.5 Å². The quantitative estimate of drug-likeness (QED) is 0.264. The van der Waals surface area contributed by atoms with E-state index in [0.29, 0.717) is 25.2 Å². The molecule has 0 bridgehead atoms. The Morgan fingerprint density at radius 2 is 1.91 bits per heavy atom. The van der Waals surface area contributed by atoms with Gasteiger partial charge in [0, 0.05) is 52.2 Å². The van der Waals surface area contributed by atoms with E-state index in [2.05, 4.69) is 28.0 Å². The number of hydrogen-bond donors (Lipinski definition) is 5. The minimum Gasteiger partial charge on any atom is -0.497 e. The van der Waals surface area contributed by atoms with E-state index in [-0.39, 0.29) is 43.1 Å². The zero-order valence-corrected chi connectivity index (χ0v) is 25.7. The molecule has 234 valence electrons. The molecule has 4 rings (SSSR count). The number of carbonyl (C=O) groups excluding carboxylic acids is 3. The van der Waals surface area contributed by atoms with Crippen LogP contribution >= 0.6 is 0 Å². The third-order valence-electron chi connectivity index (χ3n) is 7.82. The van der Waals surface area contributed by atoms with Crippen LogP contribution in [0.25, 0.3) is 0 Å². The van der Waals surface area contributed by atoms with Gasteiger partial charge in [0.15, 0.2) is 0 Å². The first-order valence-electron chi connectivity index (χ1n) is 14.8. The van der Waals surface area contributed by atoms with Crippen molar-refractivity contribution in [2.75, 3.05) is 45.7 Å². The smallest absolute Gasteiger partial charge is 0.243 e. The Kier molecular flexibility index (Phi) is 12.9. The molecule has 2 aliphatic rings. The van der Waals surface area contributed by atoms with Gasteiger partial charge in [-0.15, -0.1) is 0 Å².